The molecular formula is C16H24N2O3. The quantitative estimate of drug-likeness (QED) is 0.687. The molecule has 0 saturated heterocycles. The summed E-state index contributed by atoms with van der Waals surface area (Å²) in [7, 11) is 0. The van der Waals surface area contributed by atoms with E-state index in [1.165, 1.54) is 12.8 Å². The minimum absolute atomic E-state index is 0.185. The van der Waals surface area contributed by atoms with Crippen LogP contribution in [0, 0.1) is 5.92 Å². The molecule has 1 aliphatic rings. The normalized spacial score (nSPS) is 15.5. The topological polar surface area (TPSA) is 70.6 Å². The van der Waals surface area contributed by atoms with Gasteiger partial charge in [-0.3, -0.25) is 0 Å². The van der Waals surface area contributed by atoms with Crippen LogP contribution in [0.1, 0.15) is 25.3 Å². The maximum absolute atomic E-state index is 11.8. The average Bonchev–Trinajstić information content (AvgIpc) is 3.30. The first kappa shape index (κ1) is 15.8. The average molecular weight is 292 g/mol. The lowest BCUT2D eigenvalue weighted by Gasteiger charge is -2.14. The summed E-state index contributed by atoms with van der Waals surface area (Å²) in [5, 5.41) is 15.2. The van der Waals surface area contributed by atoms with Crippen molar-refractivity contribution in [2.75, 3.05) is 25.1 Å². The van der Waals surface area contributed by atoms with Crippen LogP contribution >= 0.6 is 0 Å². The van der Waals surface area contributed by atoms with Crippen LogP contribution in [-0.2, 0) is 11.2 Å². The molecule has 2 rings (SSSR count). The summed E-state index contributed by atoms with van der Waals surface area (Å²) in [4.78, 5) is 11.8. The summed E-state index contributed by atoms with van der Waals surface area (Å²) in [6, 6.07) is 7.37. The number of aliphatic hydroxyl groups is 1. The van der Waals surface area contributed by atoms with Crippen LogP contribution in [0.4, 0.5) is 10.5 Å². The standard InChI is InChI=1S/C16H24N2O3/c1-2-13-5-3-4-6-15(13)18-16(20)17-9-14(19)11-21-10-12-7-8-12/h3-6,12,14,19H,2,7-11H2,1H3,(H2,17,18,20). The van der Waals surface area contributed by atoms with E-state index in [9.17, 15) is 9.90 Å². The second-order valence-electron chi connectivity index (χ2n) is 5.48. The summed E-state index contributed by atoms with van der Waals surface area (Å²) < 4.78 is 5.38. The van der Waals surface area contributed by atoms with Crippen LogP contribution in [0.15, 0.2) is 24.3 Å². The fraction of sp³-hybridized carbons (Fsp3) is 0.562. The Kier molecular flexibility index (Phi) is 6.02. The molecule has 1 aliphatic carbocycles. The first-order valence-electron chi connectivity index (χ1n) is 7.57. The number of amides is 2. The van der Waals surface area contributed by atoms with Gasteiger partial charge in [0, 0.05) is 18.8 Å². The Labute approximate surface area is 125 Å². The molecule has 1 aromatic rings. The lowest BCUT2D eigenvalue weighted by atomic mass is 10.1. The molecule has 21 heavy (non-hydrogen) atoms. The summed E-state index contributed by atoms with van der Waals surface area (Å²) >= 11 is 0. The lowest BCUT2D eigenvalue weighted by Crippen LogP contribution is -2.37. The monoisotopic (exact) mass is 292 g/mol. The predicted molar refractivity (Wildman–Crippen MR) is 82.4 cm³/mol. The van der Waals surface area contributed by atoms with Crippen molar-refractivity contribution in [2.24, 2.45) is 5.92 Å². The molecule has 1 unspecified atom stereocenters. The van der Waals surface area contributed by atoms with Gasteiger partial charge in [-0.05, 0) is 36.8 Å². The van der Waals surface area contributed by atoms with Crippen LogP contribution < -0.4 is 10.6 Å². The van der Waals surface area contributed by atoms with Crippen molar-refractivity contribution in [3.05, 3.63) is 29.8 Å². The number of aryl methyl sites for hydroxylation is 1. The molecule has 3 N–H and O–H groups in total. The molecule has 1 aromatic carbocycles. The van der Waals surface area contributed by atoms with E-state index in [4.69, 9.17) is 4.74 Å². The number of hydrogen-bond donors (Lipinski definition) is 3. The lowest BCUT2D eigenvalue weighted by molar-refractivity contribution is 0.0339. The third-order valence-corrected chi connectivity index (χ3v) is 3.51. The first-order valence-corrected chi connectivity index (χ1v) is 7.57. The zero-order valence-electron chi connectivity index (χ0n) is 12.5. The van der Waals surface area contributed by atoms with Crippen molar-refractivity contribution in [2.45, 2.75) is 32.3 Å². The maximum Gasteiger partial charge on any atom is 0.319 e. The van der Waals surface area contributed by atoms with Crippen LogP contribution in [0.2, 0.25) is 0 Å². The second-order valence-corrected chi connectivity index (χ2v) is 5.48. The largest absolute Gasteiger partial charge is 0.389 e. The minimum atomic E-state index is -0.670. The predicted octanol–water partition coefficient (Wildman–Crippen LogP) is 2.16. The van der Waals surface area contributed by atoms with Gasteiger partial charge in [-0.2, -0.15) is 0 Å². The third kappa shape index (κ3) is 5.73. The Morgan fingerprint density at radius 1 is 1.43 bits per heavy atom. The Hall–Kier alpha value is -1.59. The van der Waals surface area contributed by atoms with Crippen LogP contribution in [0.25, 0.3) is 0 Å². The molecule has 2 amide bonds. The number of carbonyl (C=O) groups excluding carboxylic acids is 1. The Balaban J connectivity index is 1.66. The number of urea groups is 1. The molecule has 0 bridgehead atoms. The van der Waals surface area contributed by atoms with Crippen molar-refractivity contribution < 1.29 is 14.6 Å². The summed E-state index contributed by atoms with van der Waals surface area (Å²) in [6.07, 6.45) is 2.64. The van der Waals surface area contributed by atoms with Crippen LogP contribution in [0.3, 0.4) is 0 Å². The fourth-order valence-corrected chi connectivity index (χ4v) is 2.04. The van der Waals surface area contributed by atoms with Gasteiger partial charge in [0.2, 0.25) is 0 Å². The number of nitrogens with one attached hydrogen (secondary N) is 2. The SMILES string of the molecule is CCc1ccccc1NC(=O)NCC(O)COCC1CC1. The highest BCUT2D eigenvalue weighted by atomic mass is 16.5. The molecule has 1 saturated carbocycles. The Morgan fingerprint density at radius 2 is 2.19 bits per heavy atom. The van der Waals surface area contributed by atoms with Gasteiger partial charge in [0.05, 0.1) is 12.7 Å². The maximum atomic E-state index is 11.8. The zero-order valence-corrected chi connectivity index (χ0v) is 12.5. The molecule has 0 aliphatic heterocycles. The number of anilines is 1. The molecule has 0 aromatic heterocycles. The molecular weight excluding hydrogens is 268 g/mol. The van der Waals surface area contributed by atoms with Gasteiger partial charge in [-0.15, -0.1) is 0 Å². The number of para-hydroxylation sites is 1. The number of aliphatic hydroxyl groups excluding tert-OH is 1. The van der Waals surface area contributed by atoms with E-state index in [0.717, 1.165) is 17.7 Å². The fourth-order valence-electron chi connectivity index (χ4n) is 2.04. The molecule has 0 radical (unpaired) electrons. The van der Waals surface area contributed by atoms with E-state index < -0.39 is 6.10 Å². The van der Waals surface area contributed by atoms with E-state index in [1.54, 1.807) is 0 Å². The number of benzene rings is 1. The van der Waals surface area contributed by atoms with E-state index in [-0.39, 0.29) is 19.2 Å². The van der Waals surface area contributed by atoms with Gasteiger partial charge >= 0.3 is 6.03 Å². The van der Waals surface area contributed by atoms with Crippen molar-refractivity contribution >= 4 is 11.7 Å². The molecule has 5 heteroatoms. The Morgan fingerprint density at radius 3 is 2.90 bits per heavy atom. The second kappa shape index (κ2) is 8.00. The third-order valence-electron chi connectivity index (χ3n) is 3.51. The molecule has 1 atom stereocenters. The highest BCUT2D eigenvalue weighted by Crippen LogP contribution is 2.28. The van der Waals surface area contributed by atoms with E-state index in [1.807, 2.05) is 31.2 Å². The molecule has 5 nitrogen and oxygen atoms in total. The van der Waals surface area contributed by atoms with Gasteiger partial charge in [-0.1, -0.05) is 25.1 Å². The summed E-state index contributed by atoms with van der Waals surface area (Å²) in [5.74, 6) is 0.680. The van der Waals surface area contributed by atoms with Gasteiger partial charge in [-0.25, -0.2) is 4.79 Å². The number of rotatable bonds is 8. The molecule has 0 heterocycles. The van der Waals surface area contributed by atoms with Gasteiger partial charge in [0.25, 0.3) is 0 Å². The van der Waals surface area contributed by atoms with Crippen LogP contribution in [-0.4, -0.2) is 37.0 Å². The van der Waals surface area contributed by atoms with Gasteiger partial charge < -0.3 is 20.5 Å². The summed E-state index contributed by atoms with van der Waals surface area (Å²) in [6.45, 7) is 3.21. The summed E-state index contributed by atoms with van der Waals surface area (Å²) in [5.41, 5.74) is 1.89. The van der Waals surface area contributed by atoms with Crippen molar-refractivity contribution in [1.82, 2.24) is 5.32 Å². The van der Waals surface area contributed by atoms with Crippen molar-refractivity contribution in [3.8, 4) is 0 Å². The highest BCUT2D eigenvalue weighted by molar-refractivity contribution is 5.90. The van der Waals surface area contributed by atoms with Crippen molar-refractivity contribution in [3.63, 3.8) is 0 Å². The van der Waals surface area contributed by atoms with E-state index >= 15 is 0 Å². The first-order chi connectivity index (χ1) is 10.2. The highest BCUT2D eigenvalue weighted by Gasteiger charge is 2.21. The minimum Gasteiger partial charge on any atom is -0.389 e. The zero-order chi connectivity index (χ0) is 15.1. The molecule has 116 valence electrons. The van der Waals surface area contributed by atoms with Gasteiger partial charge in [0.15, 0.2) is 0 Å². The number of carbonyl (C=O) groups is 1. The van der Waals surface area contributed by atoms with E-state index in [0.29, 0.717) is 12.5 Å². The Bertz CT molecular complexity index is 461. The number of hydrogen-bond acceptors (Lipinski definition) is 3. The van der Waals surface area contributed by atoms with E-state index in [2.05, 4.69) is 10.6 Å². The molecule has 1 fully saturated rings. The smallest absolute Gasteiger partial charge is 0.319 e. The van der Waals surface area contributed by atoms with Crippen LogP contribution in [0.5, 0.6) is 0 Å². The van der Waals surface area contributed by atoms with Gasteiger partial charge in [0.1, 0.15) is 0 Å². The number of ether oxygens (including phenoxy) is 1. The van der Waals surface area contributed by atoms with Crippen molar-refractivity contribution in [1.29, 1.82) is 0 Å². The molecule has 0 spiro atoms.